The van der Waals surface area contributed by atoms with Gasteiger partial charge in [-0.3, -0.25) is 4.98 Å². The van der Waals surface area contributed by atoms with Gasteiger partial charge in [0, 0.05) is 33.5 Å². The number of benzene rings is 3. The largest absolute Gasteiger partial charge is 0.455 e. The molecular formula is C29H25NO. The fourth-order valence-electron chi connectivity index (χ4n) is 5.15. The second-order valence-electron chi connectivity index (χ2n) is 9.27. The van der Waals surface area contributed by atoms with Gasteiger partial charge in [-0.25, -0.2) is 0 Å². The number of hydrogen-bond acceptors (Lipinski definition) is 2. The number of para-hydroxylation sites is 1. The zero-order chi connectivity index (χ0) is 21.3. The maximum absolute atomic E-state index is 6.43. The van der Waals surface area contributed by atoms with E-state index in [0.717, 1.165) is 23.3 Å². The van der Waals surface area contributed by atoms with Crippen LogP contribution in [-0.4, -0.2) is 4.98 Å². The minimum absolute atomic E-state index is 0.630. The van der Waals surface area contributed by atoms with Gasteiger partial charge in [0.1, 0.15) is 11.2 Å². The van der Waals surface area contributed by atoms with Crippen LogP contribution in [0.25, 0.3) is 44.4 Å². The third kappa shape index (κ3) is 2.68. The van der Waals surface area contributed by atoms with Gasteiger partial charge in [0.05, 0.1) is 5.69 Å². The van der Waals surface area contributed by atoms with E-state index >= 15 is 0 Å². The Hall–Kier alpha value is -3.39. The Labute approximate surface area is 182 Å². The first-order valence-electron chi connectivity index (χ1n) is 11.1. The number of fused-ring (bicyclic) bond motifs is 3. The van der Waals surface area contributed by atoms with Gasteiger partial charge in [0.25, 0.3) is 0 Å². The smallest absolute Gasteiger partial charge is 0.143 e. The van der Waals surface area contributed by atoms with Gasteiger partial charge in [-0.1, -0.05) is 44.2 Å². The Morgan fingerprint density at radius 2 is 1.81 bits per heavy atom. The van der Waals surface area contributed by atoms with Gasteiger partial charge >= 0.3 is 0 Å². The molecule has 1 aliphatic rings. The highest BCUT2D eigenvalue weighted by Crippen LogP contribution is 2.45. The fourth-order valence-corrected chi connectivity index (χ4v) is 5.15. The molecule has 0 radical (unpaired) electrons. The normalized spacial score (nSPS) is 13.1. The van der Waals surface area contributed by atoms with Crippen molar-refractivity contribution in [2.24, 2.45) is 5.92 Å². The van der Waals surface area contributed by atoms with Crippen molar-refractivity contribution in [1.29, 1.82) is 0 Å². The van der Waals surface area contributed by atoms with Crippen molar-refractivity contribution in [3.8, 4) is 0 Å². The second-order valence-corrected chi connectivity index (χ2v) is 9.27. The molecule has 6 rings (SSSR count). The molecule has 5 aromatic rings. The first-order chi connectivity index (χ1) is 15.0. The van der Waals surface area contributed by atoms with Crippen LogP contribution in [-0.2, 0) is 6.42 Å². The highest BCUT2D eigenvalue weighted by Gasteiger charge is 2.25. The molecule has 2 nitrogen and oxygen atoms in total. The highest BCUT2D eigenvalue weighted by atomic mass is 16.3. The SMILES string of the molecule is Cc1cc2c(oc3ccccc32)c(C2=Cc3cc(CC(C)C)cc4ccnc2c34)c1C. The molecule has 0 amide bonds. The molecule has 2 aromatic heterocycles. The third-order valence-corrected chi connectivity index (χ3v) is 6.61. The summed E-state index contributed by atoms with van der Waals surface area (Å²) in [4.78, 5) is 4.85. The van der Waals surface area contributed by atoms with E-state index in [1.54, 1.807) is 0 Å². The van der Waals surface area contributed by atoms with Crippen LogP contribution in [0.5, 0.6) is 0 Å². The van der Waals surface area contributed by atoms with E-state index in [0.29, 0.717) is 5.92 Å². The van der Waals surface area contributed by atoms with Gasteiger partial charge in [0.2, 0.25) is 0 Å². The number of nitrogens with zero attached hydrogens (tertiary/aromatic N) is 1. The molecule has 1 aliphatic carbocycles. The lowest BCUT2D eigenvalue weighted by Gasteiger charge is -2.12. The molecule has 0 atom stereocenters. The van der Waals surface area contributed by atoms with E-state index < -0.39 is 0 Å². The van der Waals surface area contributed by atoms with Gasteiger partial charge < -0.3 is 4.42 Å². The van der Waals surface area contributed by atoms with Gasteiger partial charge in [-0.05, 0) is 78.1 Å². The van der Waals surface area contributed by atoms with Crippen LogP contribution in [0.1, 0.15) is 47.4 Å². The van der Waals surface area contributed by atoms with E-state index in [4.69, 9.17) is 9.40 Å². The molecule has 3 aromatic carbocycles. The summed E-state index contributed by atoms with van der Waals surface area (Å²) in [6, 6.07) is 17.4. The predicted octanol–water partition coefficient (Wildman–Crippen LogP) is 7.85. The molecule has 0 saturated heterocycles. The Balaban J connectivity index is 1.67. The van der Waals surface area contributed by atoms with E-state index in [1.165, 1.54) is 54.9 Å². The van der Waals surface area contributed by atoms with Crippen LogP contribution in [0.15, 0.2) is 59.1 Å². The zero-order valence-electron chi connectivity index (χ0n) is 18.4. The van der Waals surface area contributed by atoms with Crippen molar-refractivity contribution in [2.75, 3.05) is 0 Å². The molecule has 0 saturated carbocycles. The number of aromatic nitrogens is 1. The minimum atomic E-state index is 0.630. The molecule has 0 bridgehead atoms. The monoisotopic (exact) mass is 403 g/mol. The Bertz CT molecular complexity index is 1550. The van der Waals surface area contributed by atoms with Crippen LogP contribution in [0.4, 0.5) is 0 Å². The summed E-state index contributed by atoms with van der Waals surface area (Å²) in [7, 11) is 0. The van der Waals surface area contributed by atoms with Crippen LogP contribution in [0, 0.1) is 19.8 Å². The topological polar surface area (TPSA) is 26.0 Å². The molecule has 2 heterocycles. The molecular weight excluding hydrogens is 378 g/mol. The van der Waals surface area contributed by atoms with Crippen molar-refractivity contribution in [3.05, 3.63) is 88.2 Å². The summed E-state index contributed by atoms with van der Waals surface area (Å²) in [6.07, 6.45) is 5.35. The Morgan fingerprint density at radius 3 is 2.65 bits per heavy atom. The molecule has 152 valence electrons. The number of hydrogen-bond donors (Lipinski definition) is 0. The molecule has 2 heteroatoms. The summed E-state index contributed by atoms with van der Waals surface area (Å²) < 4.78 is 6.43. The van der Waals surface area contributed by atoms with Crippen LogP contribution >= 0.6 is 0 Å². The zero-order valence-corrected chi connectivity index (χ0v) is 18.4. The summed E-state index contributed by atoms with van der Waals surface area (Å²) in [5.41, 5.74) is 10.5. The van der Waals surface area contributed by atoms with Crippen molar-refractivity contribution in [1.82, 2.24) is 4.98 Å². The second kappa shape index (κ2) is 6.55. The molecule has 31 heavy (non-hydrogen) atoms. The predicted molar refractivity (Wildman–Crippen MR) is 130 cm³/mol. The van der Waals surface area contributed by atoms with Gasteiger partial charge in [0.15, 0.2) is 0 Å². The summed E-state index contributed by atoms with van der Waals surface area (Å²) in [6.45, 7) is 8.94. The van der Waals surface area contributed by atoms with Crippen molar-refractivity contribution < 1.29 is 4.42 Å². The van der Waals surface area contributed by atoms with Gasteiger partial charge in [-0.15, -0.1) is 0 Å². The first kappa shape index (κ1) is 18.4. The van der Waals surface area contributed by atoms with Crippen LogP contribution in [0.2, 0.25) is 0 Å². The average molecular weight is 404 g/mol. The van der Waals surface area contributed by atoms with Crippen molar-refractivity contribution >= 4 is 44.4 Å². The summed E-state index contributed by atoms with van der Waals surface area (Å²) in [5.74, 6) is 0.630. The minimum Gasteiger partial charge on any atom is -0.455 e. The van der Waals surface area contributed by atoms with E-state index in [9.17, 15) is 0 Å². The highest BCUT2D eigenvalue weighted by molar-refractivity contribution is 6.17. The standard InChI is InChI=1S/C29H25NO/c1-16(2)11-19-13-20-9-10-30-28-24(15-21(14-19)27(20)28)26-18(4)17(3)12-23-22-7-5-6-8-25(22)31-29(23)26/h5-10,12-16H,11H2,1-4H3. The average Bonchev–Trinajstić information content (AvgIpc) is 3.28. The van der Waals surface area contributed by atoms with Crippen molar-refractivity contribution in [3.63, 3.8) is 0 Å². The number of furan rings is 1. The molecule has 0 N–H and O–H groups in total. The lowest BCUT2D eigenvalue weighted by Crippen LogP contribution is -1.96. The maximum atomic E-state index is 6.43. The van der Waals surface area contributed by atoms with E-state index in [-0.39, 0.29) is 0 Å². The summed E-state index contributed by atoms with van der Waals surface area (Å²) >= 11 is 0. The van der Waals surface area contributed by atoms with E-state index in [1.807, 2.05) is 12.3 Å². The fraction of sp³-hybridized carbons (Fsp3) is 0.207. The van der Waals surface area contributed by atoms with Crippen molar-refractivity contribution in [2.45, 2.75) is 34.1 Å². The van der Waals surface area contributed by atoms with E-state index in [2.05, 4.69) is 76.2 Å². The van der Waals surface area contributed by atoms with Crippen LogP contribution < -0.4 is 0 Å². The lowest BCUT2D eigenvalue weighted by molar-refractivity contribution is 0.648. The maximum Gasteiger partial charge on any atom is 0.143 e. The number of aryl methyl sites for hydroxylation is 1. The number of rotatable bonds is 3. The molecule has 0 unspecified atom stereocenters. The lowest BCUT2D eigenvalue weighted by atomic mass is 9.92. The van der Waals surface area contributed by atoms with Gasteiger partial charge in [-0.2, -0.15) is 0 Å². The Kier molecular flexibility index (Phi) is 3.89. The first-order valence-corrected chi connectivity index (χ1v) is 11.1. The number of pyridine rings is 1. The third-order valence-electron chi connectivity index (χ3n) is 6.61. The quantitative estimate of drug-likeness (QED) is 0.301. The summed E-state index contributed by atoms with van der Waals surface area (Å²) in [5, 5.41) is 4.88. The molecule has 0 spiro atoms. The van der Waals surface area contributed by atoms with Crippen LogP contribution in [0.3, 0.4) is 0 Å². The molecule has 0 fully saturated rings. The Morgan fingerprint density at radius 1 is 0.968 bits per heavy atom. The molecule has 0 aliphatic heterocycles.